The van der Waals surface area contributed by atoms with Gasteiger partial charge in [-0.1, -0.05) is 12.1 Å². The Morgan fingerprint density at radius 2 is 2.05 bits per heavy atom. The quantitative estimate of drug-likeness (QED) is 0.806. The van der Waals surface area contributed by atoms with Crippen LogP contribution in [0.2, 0.25) is 0 Å². The fourth-order valence-corrected chi connectivity index (χ4v) is 3.04. The van der Waals surface area contributed by atoms with E-state index in [0.717, 1.165) is 31.7 Å². The number of piperazine rings is 2. The number of carbonyl (C=O) groups excluding carboxylic acids is 1. The van der Waals surface area contributed by atoms with Crippen LogP contribution in [-0.2, 0) is 4.79 Å². The molecular weight excluding hydrogens is 245 g/mol. The van der Waals surface area contributed by atoms with Crippen molar-refractivity contribution < 1.29 is 9.18 Å². The Labute approximate surface area is 112 Å². The first-order valence-corrected chi connectivity index (χ1v) is 6.64. The third kappa shape index (κ3) is 2.24. The van der Waals surface area contributed by atoms with Gasteiger partial charge in [0, 0.05) is 26.2 Å². The summed E-state index contributed by atoms with van der Waals surface area (Å²) >= 11 is 0. The van der Waals surface area contributed by atoms with E-state index in [1.807, 2.05) is 11.9 Å². The van der Waals surface area contributed by atoms with Gasteiger partial charge in [0.05, 0.1) is 6.04 Å². The zero-order chi connectivity index (χ0) is 13.4. The summed E-state index contributed by atoms with van der Waals surface area (Å²) in [6.07, 6.45) is 0. The van der Waals surface area contributed by atoms with Crippen molar-refractivity contribution in [2.24, 2.45) is 0 Å². The average Bonchev–Trinajstić information content (AvgIpc) is 2.41. The van der Waals surface area contributed by atoms with Crippen LogP contribution in [0.5, 0.6) is 0 Å². The number of likely N-dealkylation sites (N-methyl/N-ethyl adjacent to an activating group) is 1. The highest BCUT2D eigenvalue weighted by Gasteiger charge is 2.40. The van der Waals surface area contributed by atoms with Gasteiger partial charge in [0.1, 0.15) is 11.9 Å². The van der Waals surface area contributed by atoms with Crippen LogP contribution >= 0.6 is 0 Å². The summed E-state index contributed by atoms with van der Waals surface area (Å²) in [7, 11) is 1.96. The fourth-order valence-electron chi connectivity index (χ4n) is 3.04. The highest BCUT2D eigenvalue weighted by Crippen LogP contribution is 2.28. The van der Waals surface area contributed by atoms with Gasteiger partial charge in [-0.3, -0.25) is 9.69 Å². The minimum absolute atomic E-state index is 0.131. The van der Waals surface area contributed by atoms with Crippen molar-refractivity contribution in [3.05, 3.63) is 35.6 Å². The maximum absolute atomic E-state index is 13.0. The predicted octanol–water partition coefficient (Wildman–Crippen LogP) is 0.613. The lowest BCUT2D eigenvalue weighted by Gasteiger charge is -2.46. The minimum Gasteiger partial charge on any atom is -0.334 e. The summed E-state index contributed by atoms with van der Waals surface area (Å²) in [5, 5.41) is 3.32. The summed E-state index contributed by atoms with van der Waals surface area (Å²) in [4.78, 5) is 16.6. The monoisotopic (exact) mass is 263 g/mol. The van der Waals surface area contributed by atoms with Crippen molar-refractivity contribution >= 4 is 5.91 Å². The molecular formula is C14H18FN3O. The molecule has 4 nitrogen and oxygen atoms in total. The fraction of sp³-hybridized carbons (Fsp3) is 0.500. The van der Waals surface area contributed by atoms with Crippen molar-refractivity contribution in [3.8, 4) is 0 Å². The Bertz CT molecular complexity index is 476. The standard InChI is InChI=1S/C14H18FN3O/c1-17-9-12-8-16-6-7-18(12)14(19)13(17)10-2-4-11(15)5-3-10/h2-5,12-13,16H,6-9H2,1H3. The van der Waals surface area contributed by atoms with Crippen LogP contribution < -0.4 is 5.32 Å². The molecule has 1 aromatic rings. The Balaban J connectivity index is 1.88. The van der Waals surface area contributed by atoms with Crippen LogP contribution in [0.15, 0.2) is 24.3 Å². The van der Waals surface area contributed by atoms with Crippen LogP contribution in [0.25, 0.3) is 0 Å². The average molecular weight is 263 g/mol. The smallest absolute Gasteiger partial charge is 0.244 e. The molecule has 2 heterocycles. The summed E-state index contributed by atoms with van der Waals surface area (Å²) in [6, 6.07) is 6.21. The van der Waals surface area contributed by atoms with E-state index < -0.39 is 0 Å². The van der Waals surface area contributed by atoms with Crippen molar-refractivity contribution in [3.63, 3.8) is 0 Å². The zero-order valence-electron chi connectivity index (χ0n) is 11.0. The summed E-state index contributed by atoms with van der Waals surface area (Å²) in [5.74, 6) is -0.137. The Kier molecular flexibility index (Phi) is 3.24. The molecule has 5 heteroatoms. The maximum atomic E-state index is 13.0. The first-order chi connectivity index (χ1) is 9.16. The number of amides is 1. The molecule has 2 unspecified atom stereocenters. The third-order valence-electron chi connectivity index (χ3n) is 3.99. The molecule has 0 spiro atoms. The second kappa shape index (κ2) is 4.90. The van der Waals surface area contributed by atoms with Gasteiger partial charge >= 0.3 is 0 Å². The lowest BCUT2D eigenvalue weighted by atomic mass is 9.98. The number of halogens is 1. The number of fused-ring (bicyclic) bond motifs is 1. The van der Waals surface area contributed by atoms with E-state index >= 15 is 0 Å². The van der Waals surface area contributed by atoms with Gasteiger partial charge in [0.2, 0.25) is 5.91 Å². The number of nitrogens with one attached hydrogen (secondary N) is 1. The van der Waals surface area contributed by atoms with E-state index in [-0.39, 0.29) is 23.8 Å². The molecule has 0 saturated carbocycles. The molecule has 0 radical (unpaired) electrons. The predicted molar refractivity (Wildman–Crippen MR) is 70.1 cm³/mol. The molecule has 2 atom stereocenters. The molecule has 1 amide bonds. The molecule has 3 rings (SSSR count). The second-order valence-electron chi connectivity index (χ2n) is 5.28. The molecule has 0 aromatic heterocycles. The van der Waals surface area contributed by atoms with E-state index in [2.05, 4.69) is 10.2 Å². The highest BCUT2D eigenvalue weighted by atomic mass is 19.1. The van der Waals surface area contributed by atoms with Gasteiger partial charge in [-0.2, -0.15) is 0 Å². The van der Waals surface area contributed by atoms with Crippen LogP contribution in [0.4, 0.5) is 4.39 Å². The molecule has 19 heavy (non-hydrogen) atoms. The SMILES string of the molecule is CN1CC2CNCCN2C(=O)C1c1ccc(F)cc1. The van der Waals surface area contributed by atoms with Gasteiger partial charge in [-0.25, -0.2) is 4.39 Å². The number of benzene rings is 1. The van der Waals surface area contributed by atoms with E-state index in [1.54, 1.807) is 12.1 Å². The molecule has 1 aromatic carbocycles. The summed E-state index contributed by atoms with van der Waals surface area (Å²) in [6.45, 7) is 3.31. The first-order valence-electron chi connectivity index (χ1n) is 6.64. The number of carbonyl (C=O) groups is 1. The van der Waals surface area contributed by atoms with Crippen LogP contribution in [0.3, 0.4) is 0 Å². The lowest BCUT2D eigenvalue weighted by Crippen LogP contribution is -2.63. The van der Waals surface area contributed by atoms with Gasteiger partial charge < -0.3 is 10.2 Å². The lowest BCUT2D eigenvalue weighted by molar-refractivity contribution is -0.146. The van der Waals surface area contributed by atoms with E-state index in [9.17, 15) is 9.18 Å². The molecule has 0 aliphatic carbocycles. The Morgan fingerprint density at radius 1 is 1.32 bits per heavy atom. The van der Waals surface area contributed by atoms with E-state index in [0.29, 0.717) is 0 Å². The number of nitrogens with zero attached hydrogens (tertiary/aromatic N) is 2. The second-order valence-corrected chi connectivity index (χ2v) is 5.28. The largest absolute Gasteiger partial charge is 0.334 e. The van der Waals surface area contributed by atoms with Crippen LogP contribution in [-0.4, -0.2) is 55.0 Å². The highest BCUT2D eigenvalue weighted by molar-refractivity contribution is 5.84. The van der Waals surface area contributed by atoms with Crippen LogP contribution in [0.1, 0.15) is 11.6 Å². The number of rotatable bonds is 1. The van der Waals surface area contributed by atoms with Gasteiger partial charge in [0.25, 0.3) is 0 Å². The third-order valence-corrected chi connectivity index (χ3v) is 3.99. The van der Waals surface area contributed by atoms with Crippen molar-refractivity contribution in [2.45, 2.75) is 12.1 Å². The van der Waals surface area contributed by atoms with Gasteiger partial charge in [-0.15, -0.1) is 0 Å². The molecule has 0 bridgehead atoms. The minimum atomic E-state index is -0.282. The summed E-state index contributed by atoms with van der Waals surface area (Å²) < 4.78 is 13.0. The Morgan fingerprint density at radius 3 is 2.79 bits per heavy atom. The Hall–Kier alpha value is -1.46. The molecule has 1 N–H and O–H groups in total. The van der Waals surface area contributed by atoms with Crippen LogP contribution in [0, 0.1) is 5.82 Å². The molecule has 2 aliphatic rings. The molecule has 102 valence electrons. The van der Waals surface area contributed by atoms with Gasteiger partial charge in [0.15, 0.2) is 0 Å². The van der Waals surface area contributed by atoms with Crippen molar-refractivity contribution in [1.82, 2.24) is 15.1 Å². The molecule has 2 fully saturated rings. The topological polar surface area (TPSA) is 35.6 Å². The molecule has 2 aliphatic heterocycles. The summed E-state index contributed by atoms with van der Waals surface area (Å²) in [5.41, 5.74) is 0.867. The van der Waals surface area contributed by atoms with Gasteiger partial charge in [-0.05, 0) is 24.7 Å². The number of hydrogen-bond acceptors (Lipinski definition) is 3. The number of hydrogen-bond donors (Lipinski definition) is 1. The normalized spacial score (nSPS) is 28.3. The first kappa shape index (κ1) is 12.6. The van der Waals surface area contributed by atoms with Crippen molar-refractivity contribution in [2.75, 3.05) is 33.2 Å². The zero-order valence-corrected chi connectivity index (χ0v) is 11.0. The van der Waals surface area contributed by atoms with E-state index in [1.165, 1.54) is 12.1 Å². The van der Waals surface area contributed by atoms with E-state index in [4.69, 9.17) is 0 Å². The maximum Gasteiger partial charge on any atom is 0.244 e. The van der Waals surface area contributed by atoms with Crippen molar-refractivity contribution in [1.29, 1.82) is 0 Å². The molecule has 2 saturated heterocycles.